The maximum Gasteiger partial charge on any atom is 0.254 e. The Kier molecular flexibility index (Phi) is 5.78. The lowest BCUT2D eigenvalue weighted by atomic mass is 10.0. The van der Waals surface area contributed by atoms with E-state index < -0.39 is 0 Å². The van der Waals surface area contributed by atoms with Crippen LogP contribution < -0.4 is 10.2 Å². The van der Waals surface area contributed by atoms with Crippen molar-refractivity contribution >= 4 is 11.9 Å². The fraction of sp³-hybridized carbons (Fsp3) is 0.474. The molecule has 7 heteroatoms. The Bertz CT molecular complexity index is 749. The predicted octanol–water partition coefficient (Wildman–Crippen LogP) is 1.64. The quantitative estimate of drug-likeness (QED) is 0.880. The lowest BCUT2D eigenvalue weighted by molar-refractivity contribution is 0.0899. The number of anilines is 1. The minimum absolute atomic E-state index is 0.0963. The van der Waals surface area contributed by atoms with E-state index in [0.717, 1.165) is 32.5 Å². The lowest BCUT2D eigenvalue weighted by Gasteiger charge is -2.33. The van der Waals surface area contributed by atoms with Gasteiger partial charge in [-0.15, -0.1) is 0 Å². The number of hydrogen-bond acceptors (Lipinski definition) is 6. The van der Waals surface area contributed by atoms with Crippen molar-refractivity contribution in [2.75, 3.05) is 32.1 Å². The fourth-order valence-electron chi connectivity index (χ4n) is 3.22. The molecule has 1 saturated heterocycles. The van der Waals surface area contributed by atoms with Crippen molar-refractivity contribution in [1.29, 1.82) is 0 Å². The number of nitrogens with zero attached hydrogens (tertiary/aromatic N) is 5. The lowest BCUT2D eigenvalue weighted by Crippen LogP contribution is -2.47. The van der Waals surface area contributed by atoms with Gasteiger partial charge in [-0.25, -0.2) is 9.97 Å². The van der Waals surface area contributed by atoms with Crippen LogP contribution in [0.3, 0.4) is 0 Å². The van der Waals surface area contributed by atoms with E-state index >= 15 is 0 Å². The normalized spacial score (nSPS) is 17.7. The number of pyridine rings is 1. The predicted molar refractivity (Wildman–Crippen MR) is 101 cm³/mol. The molecule has 0 spiro atoms. The van der Waals surface area contributed by atoms with Crippen LogP contribution in [0.5, 0.6) is 0 Å². The average Bonchev–Trinajstić information content (AvgIpc) is 2.62. The van der Waals surface area contributed by atoms with Gasteiger partial charge in [0.05, 0.1) is 11.3 Å². The number of carbonyl (C=O) groups excluding carboxylic acids is 1. The van der Waals surface area contributed by atoms with Gasteiger partial charge < -0.3 is 10.2 Å². The molecule has 1 aliphatic rings. The highest BCUT2D eigenvalue weighted by Crippen LogP contribution is 2.15. The third-order valence-electron chi connectivity index (χ3n) is 4.58. The topological polar surface area (TPSA) is 74.2 Å². The number of hydrogen-bond donors (Lipinski definition) is 1. The molecule has 0 aliphatic carbocycles. The molecule has 138 valence electrons. The molecule has 1 atom stereocenters. The van der Waals surface area contributed by atoms with Gasteiger partial charge in [-0.1, -0.05) is 6.07 Å². The third kappa shape index (κ3) is 4.54. The van der Waals surface area contributed by atoms with Crippen LogP contribution in [0.4, 0.5) is 5.95 Å². The van der Waals surface area contributed by atoms with Crippen LogP contribution >= 0.6 is 0 Å². The summed E-state index contributed by atoms with van der Waals surface area (Å²) in [6.07, 6.45) is 7.36. The highest BCUT2D eigenvalue weighted by molar-refractivity contribution is 5.95. The Morgan fingerprint density at radius 1 is 1.38 bits per heavy atom. The first-order valence-corrected chi connectivity index (χ1v) is 8.96. The van der Waals surface area contributed by atoms with E-state index in [4.69, 9.17) is 0 Å². The van der Waals surface area contributed by atoms with E-state index in [1.165, 1.54) is 5.56 Å². The summed E-state index contributed by atoms with van der Waals surface area (Å²) < 4.78 is 0. The first kappa shape index (κ1) is 18.3. The molecule has 0 radical (unpaired) electrons. The average molecular weight is 354 g/mol. The monoisotopic (exact) mass is 354 g/mol. The Morgan fingerprint density at radius 3 is 2.92 bits per heavy atom. The molecule has 1 N–H and O–H groups in total. The van der Waals surface area contributed by atoms with Crippen LogP contribution in [0.1, 0.15) is 34.5 Å². The molecule has 2 aromatic rings. The number of aryl methyl sites for hydroxylation is 1. The molecular formula is C19H26N6O. The van der Waals surface area contributed by atoms with Gasteiger partial charge in [-0.05, 0) is 37.9 Å². The Balaban J connectivity index is 1.60. The SMILES string of the molecule is Cc1nc(N(C)C)ncc1C(=O)NC1CCCN(Cc2cccnc2)C1. The Morgan fingerprint density at radius 2 is 2.23 bits per heavy atom. The fourth-order valence-corrected chi connectivity index (χ4v) is 3.22. The summed E-state index contributed by atoms with van der Waals surface area (Å²) in [5.74, 6) is 0.514. The van der Waals surface area contributed by atoms with Crippen molar-refractivity contribution in [3.05, 3.63) is 47.5 Å². The second kappa shape index (κ2) is 8.23. The summed E-state index contributed by atoms with van der Waals surface area (Å²) in [4.78, 5) is 29.7. The van der Waals surface area contributed by atoms with Crippen molar-refractivity contribution < 1.29 is 4.79 Å². The maximum absolute atomic E-state index is 12.6. The minimum Gasteiger partial charge on any atom is -0.348 e. The van der Waals surface area contributed by atoms with Gasteiger partial charge in [0.25, 0.3) is 5.91 Å². The van der Waals surface area contributed by atoms with Gasteiger partial charge in [-0.2, -0.15) is 0 Å². The largest absolute Gasteiger partial charge is 0.348 e. The summed E-state index contributed by atoms with van der Waals surface area (Å²) in [5.41, 5.74) is 2.44. The molecule has 1 unspecified atom stereocenters. The second-order valence-corrected chi connectivity index (χ2v) is 6.97. The van der Waals surface area contributed by atoms with E-state index in [9.17, 15) is 4.79 Å². The van der Waals surface area contributed by atoms with Gasteiger partial charge in [0.15, 0.2) is 0 Å². The number of rotatable bonds is 5. The van der Waals surface area contributed by atoms with Crippen molar-refractivity contribution in [3.8, 4) is 0 Å². The zero-order chi connectivity index (χ0) is 18.5. The number of carbonyl (C=O) groups is 1. The van der Waals surface area contributed by atoms with Crippen LogP contribution in [0, 0.1) is 6.92 Å². The van der Waals surface area contributed by atoms with Crippen molar-refractivity contribution in [3.63, 3.8) is 0 Å². The van der Waals surface area contributed by atoms with Crippen LogP contribution in [-0.2, 0) is 6.54 Å². The molecule has 1 amide bonds. The van der Waals surface area contributed by atoms with Crippen molar-refractivity contribution in [2.45, 2.75) is 32.4 Å². The third-order valence-corrected chi connectivity index (χ3v) is 4.58. The molecule has 3 rings (SSSR count). The van der Waals surface area contributed by atoms with Crippen LogP contribution in [-0.4, -0.2) is 59.0 Å². The van der Waals surface area contributed by atoms with Crippen LogP contribution in [0.2, 0.25) is 0 Å². The summed E-state index contributed by atoms with van der Waals surface area (Å²) >= 11 is 0. The molecule has 7 nitrogen and oxygen atoms in total. The smallest absolute Gasteiger partial charge is 0.254 e. The number of nitrogens with one attached hydrogen (secondary N) is 1. The van der Waals surface area contributed by atoms with Gasteiger partial charge in [0.2, 0.25) is 5.95 Å². The minimum atomic E-state index is -0.0963. The first-order chi connectivity index (χ1) is 12.5. The van der Waals surface area contributed by atoms with E-state index in [1.807, 2.05) is 38.2 Å². The first-order valence-electron chi connectivity index (χ1n) is 8.96. The molecule has 0 aromatic carbocycles. The van der Waals surface area contributed by atoms with E-state index in [1.54, 1.807) is 12.4 Å². The molecule has 2 aromatic heterocycles. The zero-order valence-electron chi connectivity index (χ0n) is 15.6. The molecule has 0 bridgehead atoms. The Hall–Kier alpha value is -2.54. The Labute approximate surface area is 154 Å². The highest BCUT2D eigenvalue weighted by Gasteiger charge is 2.23. The highest BCUT2D eigenvalue weighted by atomic mass is 16.1. The van der Waals surface area contributed by atoms with Crippen LogP contribution in [0.25, 0.3) is 0 Å². The van der Waals surface area contributed by atoms with Gasteiger partial charge in [-0.3, -0.25) is 14.7 Å². The molecule has 1 fully saturated rings. The standard InChI is InChI=1S/C19H26N6O/c1-14-17(11-21-19(22-14)24(2)3)18(26)23-16-7-5-9-25(13-16)12-15-6-4-8-20-10-15/h4,6,8,10-11,16H,5,7,9,12-13H2,1-3H3,(H,23,26). The van der Waals surface area contributed by atoms with Gasteiger partial charge in [0.1, 0.15) is 0 Å². The van der Waals surface area contributed by atoms with Crippen molar-refractivity contribution in [2.24, 2.45) is 0 Å². The second-order valence-electron chi connectivity index (χ2n) is 6.97. The number of amides is 1. The molecule has 0 saturated carbocycles. The molecule has 3 heterocycles. The van der Waals surface area contributed by atoms with E-state index in [0.29, 0.717) is 17.2 Å². The zero-order valence-corrected chi connectivity index (χ0v) is 15.6. The number of aromatic nitrogens is 3. The molecular weight excluding hydrogens is 328 g/mol. The van der Waals surface area contributed by atoms with Crippen molar-refractivity contribution in [1.82, 2.24) is 25.2 Å². The number of piperidine rings is 1. The summed E-state index contributed by atoms with van der Waals surface area (Å²) in [6, 6.07) is 4.18. The summed E-state index contributed by atoms with van der Waals surface area (Å²) in [5, 5.41) is 3.15. The summed E-state index contributed by atoms with van der Waals surface area (Å²) in [7, 11) is 3.76. The number of likely N-dealkylation sites (tertiary alicyclic amines) is 1. The molecule has 1 aliphatic heterocycles. The van der Waals surface area contributed by atoms with Gasteiger partial charge >= 0.3 is 0 Å². The maximum atomic E-state index is 12.6. The van der Waals surface area contributed by atoms with E-state index in [-0.39, 0.29) is 11.9 Å². The van der Waals surface area contributed by atoms with E-state index in [2.05, 4.69) is 31.2 Å². The summed E-state index contributed by atoms with van der Waals surface area (Å²) in [6.45, 7) is 4.59. The van der Waals surface area contributed by atoms with Gasteiger partial charge in [0, 0.05) is 51.8 Å². The molecule has 26 heavy (non-hydrogen) atoms. The van der Waals surface area contributed by atoms with Crippen LogP contribution in [0.15, 0.2) is 30.7 Å².